The average Bonchev–Trinajstić information content (AvgIpc) is 2.98. The number of hydrogen-bond acceptors (Lipinski definition) is 5. The smallest absolute Gasteiger partial charge is 0.168 e. The standard InChI is InChI=1S/C18H21N5O/c1-12-5-4-6-15(7-12)23-18-16(8-21-23)17(19-11-20-18)22-9-13(2)24-14(3)10-22/h4-8,11,13-14H,9-10H2,1-3H3/t13-,14-/m0/s1. The third-order valence-electron chi connectivity index (χ3n) is 4.31. The van der Waals surface area contributed by atoms with Crippen LogP contribution < -0.4 is 4.90 Å². The van der Waals surface area contributed by atoms with Crippen molar-refractivity contribution in [1.82, 2.24) is 19.7 Å². The summed E-state index contributed by atoms with van der Waals surface area (Å²) in [4.78, 5) is 11.3. The van der Waals surface area contributed by atoms with Crippen LogP contribution >= 0.6 is 0 Å². The van der Waals surface area contributed by atoms with Gasteiger partial charge in [0.05, 0.1) is 29.5 Å². The van der Waals surface area contributed by atoms with E-state index in [9.17, 15) is 0 Å². The second kappa shape index (κ2) is 5.87. The van der Waals surface area contributed by atoms with Gasteiger partial charge in [-0.3, -0.25) is 0 Å². The summed E-state index contributed by atoms with van der Waals surface area (Å²) in [7, 11) is 0. The van der Waals surface area contributed by atoms with E-state index in [0.29, 0.717) is 0 Å². The Labute approximate surface area is 141 Å². The van der Waals surface area contributed by atoms with Gasteiger partial charge in [0, 0.05) is 13.1 Å². The van der Waals surface area contributed by atoms with Crippen molar-refractivity contribution in [2.75, 3.05) is 18.0 Å². The van der Waals surface area contributed by atoms with Gasteiger partial charge in [-0.2, -0.15) is 5.10 Å². The number of aromatic nitrogens is 4. The highest BCUT2D eigenvalue weighted by Crippen LogP contribution is 2.27. The van der Waals surface area contributed by atoms with Gasteiger partial charge in [0.25, 0.3) is 0 Å². The Morgan fingerprint density at radius 3 is 2.67 bits per heavy atom. The fraction of sp³-hybridized carbons (Fsp3) is 0.389. The molecule has 4 rings (SSSR count). The predicted octanol–water partition coefficient (Wildman–Crippen LogP) is 2.74. The number of morpholine rings is 1. The average molecular weight is 323 g/mol. The fourth-order valence-corrected chi connectivity index (χ4v) is 3.38. The Morgan fingerprint density at radius 1 is 1.12 bits per heavy atom. The summed E-state index contributed by atoms with van der Waals surface area (Å²) >= 11 is 0. The second-order valence-electron chi connectivity index (χ2n) is 6.49. The maximum absolute atomic E-state index is 5.83. The molecule has 0 bridgehead atoms. The molecule has 1 aliphatic rings. The zero-order chi connectivity index (χ0) is 16.7. The van der Waals surface area contributed by atoms with E-state index in [2.05, 4.69) is 52.9 Å². The van der Waals surface area contributed by atoms with Crippen molar-refractivity contribution in [2.45, 2.75) is 33.0 Å². The van der Waals surface area contributed by atoms with E-state index in [0.717, 1.165) is 35.6 Å². The maximum atomic E-state index is 5.83. The molecule has 0 spiro atoms. The summed E-state index contributed by atoms with van der Waals surface area (Å²) in [5.74, 6) is 0.931. The van der Waals surface area contributed by atoms with Crippen LogP contribution in [0.2, 0.25) is 0 Å². The van der Waals surface area contributed by atoms with Crippen LogP contribution in [0.3, 0.4) is 0 Å². The fourth-order valence-electron chi connectivity index (χ4n) is 3.38. The van der Waals surface area contributed by atoms with Crippen molar-refractivity contribution < 1.29 is 4.74 Å². The Bertz CT molecular complexity index is 865. The van der Waals surface area contributed by atoms with Gasteiger partial charge in [0.2, 0.25) is 0 Å². The van der Waals surface area contributed by atoms with E-state index < -0.39 is 0 Å². The van der Waals surface area contributed by atoms with Gasteiger partial charge >= 0.3 is 0 Å². The van der Waals surface area contributed by atoms with Crippen molar-refractivity contribution in [3.8, 4) is 5.69 Å². The van der Waals surface area contributed by atoms with Crippen LogP contribution in [0.25, 0.3) is 16.7 Å². The van der Waals surface area contributed by atoms with Crippen molar-refractivity contribution in [2.24, 2.45) is 0 Å². The van der Waals surface area contributed by atoms with Crippen molar-refractivity contribution in [1.29, 1.82) is 0 Å². The molecule has 1 saturated heterocycles. The van der Waals surface area contributed by atoms with Crippen LogP contribution in [0.5, 0.6) is 0 Å². The first-order valence-corrected chi connectivity index (χ1v) is 8.28. The SMILES string of the molecule is Cc1cccc(-n2ncc3c(N4C[C@H](C)O[C@@H](C)C4)ncnc32)c1. The Kier molecular flexibility index (Phi) is 3.69. The van der Waals surface area contributed by atoms with Crippen LogP contribution in [0.15, 0.2) is 36.8 Å². The number of nitrogens with zero attached hydrogens (tertiary/aromatic N) is 5. The van der Waals surface area contributed by atoms with Gasteiger partial charge in [-0.1, -0.05) is 12.1 Å². The Morgan fingerprint density at radius 2 is 1.92 bits per heavy atom. The zero-order valence-corrected chi connectivity index (χ0v) is 14.2. The lowest BCUT2D eigenvalue weighted by Gasteiger charge is -2.36. The molecule has 124 valence electrons. The molecule has 0 N–H and O–H groups in total. The molecule has 2 atom stereocenters. The Hall–Kier alpha value is -2.47. The minimum atomic E-state index is 0.186. The van der Waals surface area contributed by atoms with Gasteiger partial charge in [-0.15, -0.1) is 0 Å². The summed E-state index contributed by atoms with van der Waals surface area (Å²) in [6.07, 6.45) is 3.85. The third kappa shape index (κ3) is 2.63. The first kappa shape index (κ1) is 15.1. The third-order valence-corrected chi connectivity index (χ3v) is 4.31. The minimum absolute atomic E-state index is 0.186. The summed E-state index contributed by atoms with van der Waals surface area (Å²) in [6.45, 7) is 7.92. The normalized spacial score (nSPS) is 21.4. The highest BCUT2D eigenvalue weighted by molar-refractivity contribution is 5.87. The second-order valence-corrected chi connectivity index (χ2v) is 6.49. The first-order valence-electron chi connectivity index (χ1n) is 8.28. The van der Waals surface area contributed by atoms with E-state index in [1.165, 1.54) is 5.56 Å². The van der Waals surface area contributed by atoms with Crippen molar-refractivity contribution >= 4 is 16.9 Å². The lowest BCUT2D eigenvalue weighted by Crippen LogP contribution is -2.45. The van der Waals surface area contributed by atoms with E-state index in [4.69, 9.17) is 4.74 Å². The number of ether oxygens (including phenoxy) is 1. The summed E-state index contributed by atoms with van der Waals surface area (Å²) in [5.41, 5.74) is 3.04. The molecule has 1 fully saturated rings. The maximum Gasteiger partial charge on any atom is 0.168 e. The van der Waals surface area contributed by atoms with E-state index in [-0.39, 0.29) is 12.2 Å². The van der Waals surface area contributed by atoms with Gasteiger partial charge in [-0.05, 0) is 38.5 Å². The van der Waals surface area contributed by atoms with Crippen LogP contribution in [0.1, 0.15) is 19.4 Å². The van der Waals surface area contributed by atoms with Gasteiger partial charge in [0.15, 0.2) is 5.65 Å². The molecule has 6 nitrogen and oxygen atoms in total. The lowest BCUT2D eigenvalue weighted by molar-refractivity contribution is -0.00537. The molecule has 0 saturated carbocycles. The summed E-state index contributed by atoms with van der Waals surface area (Å²) in [5, 5.41) is 5.53. The first-order chi connectivity index (χ1) is 11.6. The highest BCUT2D eigenvalue weighted by Gasteiger charge is 2.25. The molecule has 0 unspecified atom stereocenters. The largest absolute Gasteiger partial charge is 0.372 e. The van der Waals surface area contributed by atoms with Gasteiger partial charge in [-0.25, -0.2) is 14.6 Å². The number of aryl methyl sites for hydroxylation is 1. The monoisotopic (exact) mass is 323 g/mol. The molecule has 3 heterocycles. The zero-order valence-electron chi connectivity index (χ0n) is 14.2. The van der Waals surface area contributed by atoms with Crippen LogP contribution in [-0.4, -0.2) is 45.0 Å². The lowest BCUT2D eigenvalue weighted by atomic mass is 10.2. The molecule has 0 radical (unpaired) electrons. The molecule has 6 heteroatoms. The van der Waals surface area contributed by atoms with Crippen LogP contribution in [0.4, 0.5) is 5.82 Å². The van der Waals surface area contributed by atoms with Gasteiger partial charge < -0.3 is 9.64 Å². The predicted molar refractivity (Wildman–Crippen MR) is 93.6 cm³/mol. The van der Waals surface area contributed by atoms with E-state index in [1.54, 1.807) is 6.33 Å². The molecule has 24 heavy (non-hydrogen) atoms. The quantitative estimate of drug-likeness (QED) is 0.726. The molecule has 3 aromatic rings. The van der Waals surface area contributed by atoms with Crippen LogP contribution in [0, 0.1) is 6.92 Å². The summed E-state index contributed by atoms with van der Waals surface area (Å²) < 4.78 is 7.71. The number of fused-ring (bicyclic) bond motifs is 1. The summed E-state index contributed by atoms with van der Waals surface area (Å²) in [6, 6.07) is 8.25. The van der Waals surface area contributed by atoms with E-state index >= 15 is 0 Å². The number of benzene rings is 1. The molecular weight excluding hydrogens is 302 g/mol. The van der Waals surface area contributed by atoms with Crippen LogP contribution in [-0.2, 0) is 4.74 Å². The topological polar surface area (TPSA) is 56.1 Å². The molecule has 1 aliphatic heterocycles. The molecular formula is C18H21N5O. The molecule has 2 aromatic heterocycles. The number of rotatable bonds is 2. The Balaban J connectivity index is 1.79. The molecule has 0 aliphatic carbocycles. The van der Waals surface area contributed by atoms with Crippen molar-refractivity contribution in [3.63, 3.8) is 0 Å². The number of hydrogen-bond donors (Lipinski definition) is 0. The highest BCUT2D eigenvalue weighted by atomic mass is 16.5. The minimum Gasteiger partial charge on any atom is -0.372 e. The molecule has 1 aromatic carbocycles. The number of anilines is 1. The molecule has 0 amide bonds. The van der Waals surface area contributed by atoms with Gasteiger partial charge in [0.1, 0.15) is 12.1 Å². The van der Waals surface area contributed by atoms with Crippen molar-refractivity contribution in [3.05, 3.63) is 42.4 Å². The van der Waals surface area contributed by atoms with E-state index in [1.807, 2.05) is 23.0 Å².